The van der Waals surface area contributed by atoms with Crippen molar-refractivity contribution in [3.63, 3.8) is 0 Å². The van der Waals surface area contributed by atoms with Crippen LogP contribution in [0.4, 0.5) is 4.39 Å². The zero-order valence-corrected chi connectivity index (χ0v) is 12.7. The molecule has 2 atom stereocenters. The Bertz CT molecular complexity index is 688. The van der Waals surface area contributed by atoms with Gasteiger partial charge in [0, 0.05) is 6.42 Å². The lowest BCUT2D eigenvalue weighted by Gasteiger charge is -2.18. The molecule has 0 radical (unpaired) electrons. The molecule has 2 aromatic carbocycles. The highest BCUT2D eigenvalue weighted by atomic mass is 19.1. The van der Waals surface area contributed by atoms with E-state index in [1.165, 1.54) is 12.1 Å². The van der Waals surface area contributed by atoms with E-state index < -0.39 is 29.7 Å². The van der Waals surface area contributed by atoms with Gasteiger partial charge in [0.25, 0.3) is 0 Å². The standard InChI is InChI=1S/C18H18FNO3/c1-12(14-9-5-6-10-15(14)19)17(21)20-16(18(22)23)11-13-7-3-2-4-8-13/h2-10,12,16H,11H2,1H3,(H,20,21)(H,22,23)/t12?,16-/m0/s1. The van der Waals surface area contributed by atoms with Crippen LogP contribution in [0.25, 0.3) is 0 Å². The second-order valence-electron chi connectivity index (χ2n) is 5.33. The molecule has 2 aromatic rings. The lowest BCUT2D eigenvalue weighted by Crippen LogP contribution is -2.44. The molecule has 4 nitrogen and oxygen atoms in total. The average Bonchev–Trinajstić information content (AvgIpc) is 2.55. The summed E-state index contributed by atoms with van der Waals surface area (Å²) in [7, 11) is 0. The van der Waals surface area contributed by atoms with Gasteiger partial charge in [-0.2, -0.15) is 0 Å². The number of hydrogen-bond acceptors (Lipinski definition) is 2. The van der Waals surface area contributed by atoms with E-state index in [0.29, 0.717) is 0 Å². The van der Waals surface area contributed by atoms with Gasteiger partial charge in [-0.05, 0) is 24.1 Å². The highest BCUT2D eigenvalue weighted by molar-refractivity contribution is 5.88. The summed E-state index contributed by atoms with van der Waals surface area (Å²) in [5, 5.41) is 11.8. The van der Waals surface area contributed by atoms with Crippen molar-refractivity contribution in [1.29, 1.82) is 0 Å². The summed E-state index contributed by atoms with van der Waals surface area (Å²) in [4.78, 5) is 23.6. The number of benzene rings is 2. The lowest BCUT2D eigenvalue weighted by atomic mass is 9.98. The van der Waals surface area contributed by atoms with Gasteiger partial charge in [-0.3, -0.25) is 4.79 Å². The van der Waals surface area contributed by atoms with Crippen LogP contribution in [0.1, 0.15) is 24.0 Å². The van der Waals surface area contributed by atoms with Crippen molar-refractivity contribution in [2.24, 2.45) is 0 Å². The Morgan fingerprint density at radius 3 is 2.30 bits per heavy atom. The Kier molecular flexibility index (Phi) is 5.46. The molecule has 23 heavy (non-hydrogen) atoms. The van der Waals surface area contributed by atoms with Crippen LogP contribution in [0.2, 0.25) is 0 Å². The Balaban J connectivity index is 2.09. The van der Waals surface area contributed by atoms with Crippen molar-refractivity contribution in [3.8, 4) is 0 Å². The highest BCUT2D eigenvalue weighted by Crippen LogP contribution is 2.19. The van der Waals surface area contributed by atoms with E-state index >= 15 is 0 Å². The third kappa shape index (κ3) is 4.39. The molecule has 0 aliphatic carbocycles. The molecule has 0 saturated carbocycles. The number of amides is 1. The first-order valence-corrected chi connectivity index (χ1v) is 7.30. The Morgan fingerprint density at radius 2 is 1.70 bits per heavy atom. The molecule has 2 rings (SSSR count). The van der Waals surface area contributed by atoms with Crippen molar-refractivity contribution in [2.75, 3.05) is 0 Å². The first-order chi connectivity index (χ1) is 11.0. The fraction of sp³-hybridized carbons (Fsp3) is 0.222. The second-order valence-corrected chi connectivity index (χ2v) is 5.33. The summed E-state index contributed by atoms with van der Waals surface area (Å²) in [5.74, 6) is -2.89. The van der Waals surface area contributed by atoms with Gasteiger partial charge in [0.2, 0.25) is 5.91 Å². The number of carbonyl (C=O) groups excluding carboxylic acids is 1. The normalized spacial score (nSPS) is 13.1. The summed E-state index contributed by atoms with van der Waals surface area (Å²) in [6.07, 6.45) is 0.173. The predicted octanol–water partition coefficient (Wildman–Crippen LogP) is 2.74. The van der Waals surface area contributed by atoms with E-state index in [-0.39, 0.29) is 12.0 Å². The molecule has 0 saturated heterocycles. The minimum Gasteiger partial charge on any atom is -0.480 e. The predicted molar refractivity (Wildman–Crippen MR) is 84.5 cm³/mol. The van der Waals surface area contributed by atoms with Crippen molar-refractivity contribution in [1.82, 2.24) is 5.32 Å². The van der Waals surface area contributed by atoms with Crippen LogP contribution in [0.15, 0.2) is 54.6 Å². The van der Waals surface area contributed by atoms with Crippen LogP contribution in [-0.4, -0.2) is 23.0 Å². The first-order valence-electron chi connectivity index (χ1n) is 7.30. The molecule has 0 heterocycles. The van der Waals surface area contributed by atoms with E-state index in [4.69, 9.17) is 0 Å². The summed E-state index contributed by atoms with van der Waals surface area (Å²) in [6.45, 7) is 1.55. The molecule has 0 aliphatic heterocycles. The number of nitrogens with one attached hydrogen (secondary N) is 1. The van der Waals surface area contributed by atoms with E-state index in [9.17, 15) is 19.1 Å². The van der Waals surface area contributed by atoms with Gasteiger partial charge in [0.05, 0.1) is 5.92 Å². The van der Waals surface area contributed by atoms with Gasteiger partial charge < -0.3 is 10.4 Å². The zero-order chi connectivity index (χ0) is 16.8. The van der Waals surface area contributed by atoms with Gasteiger partial charge in [0.15, 0.2) is 0 Å². The molecule has 120 valence electrons. The van der Waals surface area contributed by atoms with Gasteiger partial charge in [-0.25, -0.2) is 9.18 Å². The number of hydrogen-bond donors (Lipinski definition) is 2. The molecule has 0 bridgehead atoms. The maximum Gasteiger partial charge on any atom is 0.326 e. The van der Waals surface area contributed by atoms with Crippen LogP contribution in [0, 0.1) is 5.82 Å². The van der Waals surface area contributed by atoms with Crippen LogP contribution in [0.5, 0.6) is 0 Å². The average molecular weight is 315 g/mol. The Morgan fingerprint density at radius 1 is 1.09 bits per heavy atom. The SMILES string of the molecule is CC(C(=O)N[C@@H](Cc1ccccc1)C(=O)O)c1ccccc1F. The van der Waals surface area contributed by atoms with Crippen LogP contribution in [-0.2, 0) is 16.0 Å². The van der Waals surface area contributed by atoms with Crippen molar-refractivity contribution in [3.05, 3.63) is 71.5 Å². The van der Waals surface area contributed by atoms with Crippen molar-refractivity contribution >= 4 is 11.9 Å². The lowest BCUT2D eigenvalue weighted by molar-refractivity contribution is -0.141. The summed E-state index contributed by atoms with van der Waals surface area (Å²) in [6, 6.07) is 13.9. The fourth-order valence-corrected chi connectivity index (χ4v) is 2.31. The molecule has 5 heteroatoms. The monoisotopic (exact) mass is 315 g/mol. The molecular weight excluding hydrogens is 297 g/mol. The molecule has 0 aliphatic rings. The van der Waals surface area contributed by atoms with Gasteiger partial charge in [-0.15, -0.1) is 0 Å². The molecule has 0 aromatic heterocycles. The van der Waals surface area contributed by atoms with E-state index in [1.54, 1.807) is 43.3 Å². The largest absolute Gasteiger partial charge is 0.480 e. The van der Waals surface area contributed by atoms with Gasteiger partial charge in [-0.1, -0.05) is 48.5 Å². The van der Waals surface area contributed by atoms with E-state index in [0.717, 1.165) is 5.56 Å². The Hall–Kier alpha value is -2.69. The zero-order valence-electron chi connectivity index (χ0n) is 12.7. The third-order valence-electron chi connectivity index (χ3n) is 3.66. The highest BCUT2D eigenvalue weighted by Gasteiger charge is 2.25. The maximum atomic E-state index is 13.7. The van der Waals surface area contributed by atoms with Crippen LogP contribution in [0.3, 0.4) is 0 Å². The maximum absolute atomic E-state index is 13.7. The quantitative estimate of drug-likeness (QED) is 0.861. The fourth-order valence-electron chi connectivity index (χ4n) is 2.31. The van der Waals surface area contributed by atoms with E-state index in [1.807, 2.05) is 6.07 Å². The second kappa shape index (κ2) is 7.54. The first kappa shape index (κ1) is 16.7. The summed E-state index contributed by atoms with van der Waals surface area (Å²) < 4.78 is 13.7. The summed E-state index contributed by atoms with van der Waals surface area (Å²) >= 11 is 0. The Labute approximate surface area is 134 Å². The molecular formula is C18H18FNO3. The van der Waals surface area contributed by atoms with Crippen LogP contribution < -0.4 is 5.32 Å². The molecule has 0 fully saturated rings. The third-order valence-corrected chi connectivity index (χ3v) is 3.66. The smallest absolute Gasteiger partial charge is 0.326 e. The number of halogens is 1. The van der Waals surface area contributed by atoms with Crippen molar-refractivity contribution < 1.29 is 19.1 Å². The molecule has 2 N–H and O–H groups in total. The minimum absolute atomic E-state index is 0.173. The van der Waals surface area contributed by atoms with Gasteiger partial charge >= 0.3 is 5.97 Å². The minimum atomic E-state index is -1.12. The summed E-state index contributed by atoms with van der Waals surface area (Å²) in [5.41, 5.74) is 1.05. The molecule has 1 unspecified atom stereocenters. The van der Waals surface area contributed by atoms with Gasteiger partial charge in [0.1, 0.15) is 11.9 Å². The van der Waals surface area contributed by atoms with Crippen LogP contribution >= 0.6 is 0 Å². The number of aliphatic carboxylic acids is 1. The molecule has 0 spiro atoms. The number of carboxylic acids is 1. The topological polar surface area (TPSA) is 66.4 Å². The number of rotatable bonds is 6. The number of carboxylic acid groups (broad SMARTS) is 1. The van der Waals surface area contributed by atoms with E-state index in [2.05, 4.69) is 5.32 Å². The van der Waals surface area contributed by atoms with Crippen molar-refractivity contribution in [2.45, 2.75) is 25.3 Å². The number of carbonyl (C=O) groups is 2. The molecule has 1 amide bonds.